The Morgan fingerprint density at radius 3 is 1.41 bits per heavy atom. The molecule has 230 valence electrons. The largest absolute Gasteiger partial charge is 0.507 e. The number of amides is 2. The standard InChI is InChI=1S/C33H56N2O5.Zn/c1-3-5-7-9-11-13-15-17-19-21-30(36)34-25-27-23-28(32(38)29(24-27)33(39)40)26-35-31(37)22-20-18-16-14-12-10-8-6-4-2;/h23-24,38H,3-22,25-26H2,1-2H3,(H,34,36)(H,35,37)(H,39,40);. The van der Waals surface area contributed by atoms with Crippen molar-refractivity contribution in [3.63, 3.8) is 0 Å². The maximum Gasteiger partial charge on any atom is 0.339 e. The summed E-state index contributed by atoms with van der Waals surface area (Å²) >= 11 is 0. The Hall–Kier alpha value is -1.95. The molecule has 8 heteroatoms. The van der Waals surface area contributed by atoms with Gasteiger partial charge in [0.05, 0.1) is 0 Å². The normalized spacial score (nSPS) is 10.7. The Morgan fingerprint density at radius 2 is 1.00 bits per heavy atom. The van der Waals surface area contributed by atoms with Crippen molar-refractivity contribution in [2.24, 2.45) is 0 Å². The summed E-state index contributed by atoms with van der Waals surface area (Å²) in [5.74, 6) is -1.77. The summed E-state index contributed by atoms with van der Waals surface area (Å²) in [7, 11) is 0. The Kier molecular flexibility index (Phi) is 24.5. The van der Waals surface area contributed by atoms with E-state index in [9.17, 15) is 24.6 Å². The Labute approximate surface area is 261 Å². The second-order valence-electron chi connectivity index (χ2n) is 11.2. The Bertz CT molecular complexity index is 862. The van der Waals surface area contributed by atoms with Crippen molar-refractivity contribution >= 4 is 17.8 Å². The van der Waals surface area contributed by atoms with Gasteiger partial charge in [0.15, 0.2) is 0 Å². The van der Waals surface area contributed by atoms with Crippen LogP contribution in [0.2, 0.25) is 0 Å². The van der Waals surface area contributed by atoms with Gasteiger partial charge >= 0.3 is 5.97 Å². The number of hydrogen-bond acceptors (Lipinski definition) is 4. The molecule has 0 aromatic heterocycles. The number of hydrogen-bond donors (Lipinski definition) is 4. The zero-order chi connectivity index (χ0) is 29.4. The van der Waals surface area contributed by atoms with Gasteiger partial charge in [-0.05, 0) is 30.5 Å². The van der Waals surface area contributed by atoms with Gasteiger partial charge in [-0.2, -0.15) is 0 Å². The number of carboxylic acid groups (broad SMARTS) is 1. The average Bonchev–Trinajstić information content (AvgIpc) is 2.94. The predicted molar refractivity (Wildman–Crippen MR) is 162 cm³/mol. The second-order valence-corrected chi connectivity index (χ2v) is 11.2. The van der Waals surface area contributed by atoms with Gasteiger partial charge in [-0.3, -0.25) is 9.59 Å². The van der Waals surface area contributed by atoms with Gasteiger partial charge in [-0.1, -0.05) is 117 Å². The average molecular weight is 626 g/mol. The summed E-state index contributed by atoms with van der Waals surface area (Å²) in [4.78, 5) is 36.3. The van der Waals surface area contributed by atoms with Crippen LogP contribution in [0.15, 0.2) is 12.1 Å². The van der Waals surface area contributed by atoms with Crippen LogP contribution in [0.25, 0.3) is 0 Å². The Morgan fingerprint density at radius 1 is 0.610 bits per heavy atom. The SMILES string of the molecule is CCCCCCCCCCCC(=O)NCc1cc(CNC(=O)CCCCCCCCCCC)c(O)c(C(=O)O)c1.[Zn]. The van der Waals surface area contributed by atoms with Gasteiger partial charge < -0.3 is 20.8 Å². The third-order valence-electron chi connectivity index (χ3n) is 7.46. The number of rotatable bonds is 25. The van der Waals surface area contributed by atoms with E-state index in [1.807, 2.05) is 0 Å². The van der Waals surface area contributed by atoms with Gasteiger partial charge in [-0.25, -0.2) is 4.79 Å². The third-order valence-corrected chi connectivity index (χ3v) is 7.46. The number of benzene rings is 1. The topological polar surface area (TPSA) is 116 Å². The molecule has 1 aromatic rings. The number of carbonyl (C=O) groups is 3. The van der Waals surface area contributed by atoms with E-state index in [0.29, 0.717) is 24.0 Å². The van der Waals surface area contributed by atoms with Gasteiger partial charge in [0.1, 0.15) is 11.3 Å². The summed E-state index contributed by atoms with van der Waals surface area (Å²) in [6.07, 6.45) is 22.1. The smallest absolute Gasteiger partial charge is 0.339 e. The molecule has 0 aliphatic rings. The van der Waals surface area contributed by atoms with Crippen molar-refractivity contribution in [3.05, 3.63) is 28.8 Å². The molecule has 0 fully saturated rings. The van der Waals surface area contributed by atoms with Crippen molar-refractivity contribution in [2.45, 2.75) is 155 Å². The number of carboxylic acids is 1. The summed E-state index contributed by atoms with van der Waals surface area (Å²) in [6.45, 7) is 4.66. The van der Waals surface area contributed by atoms with Crippen molar-refractivity contribution in [1.82, 2.24) is 10.6 Å². The molecule has 0 saturated heterocycles. The van der Waals surface area contributed by atoms with E-state index in [1.54, 1.807) is 6.07 Å². The van der Waals surface area contributed by atoms with Crippen molar-refractivity contribution in [3.8, 4) is 5.75 Å². The Balaban J connectivity index is 0.0000160. The van der Waals surface area contributed by atoms with Crippen LogP contribution in [0.4, 0.5) is 0 Å². The van der Waals surface area contributed by atoms with Gasteiger partial charge in [0.25, 0.3) is 0 Å². The van der Waals surface area contributed by atoms with E-state index in [2.05, 4.69) is 24.5 Å². The van der Waals surface area contributed by atoms with Crippen molar-refractivity contribution in [1.29, 1.82) is 0 Å². The molecule has 2 amide bonds. The van der Waals surface area contributed by atoms with E-state index in [0.717, 1.165) is 38.5 Å². The number of unbranched alkanes of at least 4 members (excludes halogenated alkanes) is 16. The first-order valence-corrected chi connectivity index (χ1v) is 16.0. The molecule has 0 atom stereocenters. The van der Waals surface area contributed by atoms with E-state index in [-0.39, 0.29) is 55.7 Å². The fraction of sp³-hybridized carbons (Fsp3) is 0.727. The van der Waals surface area contributed by atoms with E-state index in [1.165, 1.54) is 83.1 Å². The molecular formula is C33H56N2O5Zn. The van der Waals surface area contributed by atoms with Crippen molar-refractivity contribution < 1.29 is 44.1 Å². The molecule has 41 heavy (non-hydrogen) atoms. The molecule has 0 radical (unpaired) electrons. The second kappa shape index (κ2) is 25.7. The summed E-state index contributed by atoms with van der Waals surface area (Å²) in [5, 5.41) is 25.6. The van der Waals surface area contributed by atoms with Crippen LogP contribution in [0, 0.1) is 0 Å². The number of carbonyl (C=O) groups excluding carboxylic acids is 2. The van der Waals surface area contributed by atoms with Gasteiger partial charge in [-0.15, -0.1) is 0 Å². The molecule has 0 aliphatic carbocycles. The molecule has 0 saturated carbocycles. The molecule has 0 heterocycles. The van der Waals surface area contributed by atoms with Crippen LogP contribution >= 0.6 is 0 Å². The minimum Gasteiger partial charge on any atom is -0.507 e. The number of aromatic hydroxyl groups is 1. The van der Waals surface area contributed by atoms with Crippen LogP contribution in [0.5, 0.6) is 5.75 Å². The minimum absolute atomic E-state index is 0. The molecule has 0 spiro atoms. The third kappa shape index (κ3) is 19.7. The van der Waals surface area contributed by atoms with Crippen LogP contribution < -0.4 is 10.6 Å². The van der Waals surface area contributed by atoms with E-state index in [4.69, 9.17) is 0 Å². The zero-order valence-corrected chi connectivity index (χ0v) is 29.0. The van der Waals surface area contributed by atoms with Crippen LogP contribution in [0.3, 0.4) is 0 Å². The van der Waals surface area contributed by atoms with Gasteiger partial charge in [0.2, 0.25) is 11.8 Å². The van der Waals surface area contributed by atoms with Crippen molar-refractivity contribution in [2.75, 3.05) is 0 Å². The molecular weight excluding hydrogens is 570 g/mol. The molecule has 0 bridgehead atoms. The fourth-order valence-electron chi connectivity index (χ4n) is 4.92. The number of aromatic carboxylic acids is 1. The van der Waals surface area contributed by atoms with Gasteiger partial charge in [0, 0.05) is 51.0 Å². The fourth-order valence-corrected chi connectivity index (χ4v) is 4.92. The summed E-state index contributed by atoms with van der Waals surface area (Å²) in [5.41, 5.74) is 0.691. The summed E-state index contributed by atoms with van der Waals surface area (Å²) < 4.78 is 0. The molecule has 1 rings (SSSR count). The van der Waals surface area contributed by atoms with Crippen LogP contribution in [-0.4, -0.2) is 28.0 Å². The van der Waals surface area contributed by atoms with E-state index >= 15 is 0 Å². The minimum atomic E-state index is -1.25. The molecule has 4 N–H and O–H groups in total. The monoisotopic (exact) mass is 624 g/mol. The predicted octanol–water partition coefficient (Wildman–Crippen LogP) is 8.16. The number of nitrogens with one attached hydrogen (secondary N) is 2. The first-order valence-electron chi connectivity index (χ1n) is 16.0. The quantitative estimate of drug-likeness (QED) is 0.0646. The first-order chi connectivity index (χ1) is 19.4. The maximum absolute atomic E-state index is 12.3. The maximum atomic E-state index is 12.3. The molecule has 1 aromatic carbocycles. The molecule has 7 nitrogen and oxygen atoms in total. The first kappa shape index (κ1) is 39.1. The van der Waals surface area contributed by atoms with Crippen LogP contribution in [0.1, 0.15) is 164 Å². The molecule has 0 unspecified atom stereocenters. The molecule has 0 aliphatic heterocycles. The summed E-state index contributed by atoms with van der Waals surface area (Å²) in [6, 6.07) is 3.03. The van der Waals surface area contributed by atoms with E-state index < -0.39 is 5.97 Å². The zero-order valence-electron chi connectivity index (χ0n) is 26.0. The van der Waals surface area contributed by atoms with Crippen LogP contribution in [-0.2, 0) is 42.2 Å². The number of phenols is 1.